The maximum atomic E-state index is 12.8. The molecule has 29 heavy (non-hydrogen) atoms. The highest BCUT2D eigenvalue weighted by molar-refractivity contribution is 7.92. The number of carbonyl (C=O) groups excluding carboxylic acids is 2. The van der Waals surface area contributed by atoms with Crippen molar-refractivity contribution in [2.24, 2.45) is 0 Å². The van der Waals surface area contributed by atoms with Crippen molar-refractivity contribution >= 4 is 44.8 Å². The second-order valence-corrected chi connectivity index (χ2v) is 8.54. The van der Waals surface area contributed by atoms with E-state index in [0.717, 1.165) is 10.6 Å². The van der Waals surface area contributed by atoms with Gasteiger partial charge in [0.05, 0.1) is 23.2 Å². The standard InChI is InChI=1S/C20H22ClN3O4S/c1-4-12-22-20(26)17-10-5-6-11-18(17)23-19(25)14(2)24(29(3,27)28)16-9-7-8-15(21)13-16/h4-11,13-14H,1,12H2,2-3H3,(H,22,26)(H,23,25). The van der Waals surface area contributed by atoms with E-state index in [1.54, 1.807) is 42.5 Å². The summed E-state index contributed by atoms with van der Waals surface area (Å²) in [5, 5.41) is 5.62. The van der Waals surface area contributed by atoms with Gasteiger partial charge in [-0.2, -0.15) is 0 Å². The first-order chi connectivity index (χ1) is 13.6. The van der Waals surface area contributed by atoms with Crippen molar-refractivity contribution in [3.8, 4) is 0 Å². The molecule has 2 aromatic rings. The number of rotatable bonds is 8. The summed E-state index contributed by atoms with van der Waals surface area (Å²) in [6, 6.07) is 11.6. The van der Waals surface area contributed by atoms with E-state index < -0.39 is 22.0 Å². The molecule has 2 rings (SSSR count). The molecule has 0 fully saturated rings. The van der Waals surface area contributed by atoms with E-state index in [2.05, 4.69) is 17.2 Å². The van der Waals surface area contributed by atoms with Gasteiger partial charge in [0.1, 0.15) is 6.04 Å². The van der Waals surface area contributed by atoms with Gasteiger partial charge in [-0.05, 0) is 37.3 Å². The Labute approximate surface area is 175 Å². The summed E-state index contributed by atoms with van der Waals surface area (Å²) in [7, 11) is -3.79. The van der Waals surface area contributed by atoms with Crippen molar-refractivity contribution < 1.29 is 18.0 Å². The first-order valence-corrected chi connectivity index (χ1v) is 10.9. The molecule has 0 bridgehead atoms. The average molecular weight is 436 g/mol. The van der Waals surface area contributed by atoms with Gasteiger partial charge in [0.25, 0.3) is 5.91 Å². The Morgan fingerprint density at radius 3 is 2.52 bits per heavy atom. The molecule has 0 aliphatic heterocycles. The highest BCUT2D eigenvalue weighted by atomic mass is 35.5. The Kier molecular flexibility index (Phi) is 7.41. The van der Waals surface area contributed by atoms with Gasteiger partial charge in [-0.15, -0.1) is 6.58 Å². The van der Waals surface area contributed by atoms with Gasteiger partial charge in [0.2, 0.25) is 15.9 Å². The largest absolute Gasteiger partial charge is 0.349 e. The number of carbonyl (C=O) groups is 2. The minimum absolute atomic E-state index is 0.253. The number of nitrogens with one attached hydrogen (secondary N) is 2. The van der Waals surface area contributed by atoms with Crippen LogP contribution < -0.4 is 14.9 Å². The van der Waals surface area contributed by atoms with Crippen LogP contribution in [-0.2, 0) is 14.8 Å². The average Bonchev–Trinajstić information content (AvgIpc) is 2.65. The minimum Gasteiger partial charge on any atom is -0.349 e. The van der Waals surface area contributed by atoms with Crippen LogP contribution in [0.1, 0.15) is 17.3 Å². The molecule has 0 spiro atoms. The molecule has 0 aliphatic carbocycles. The first kappa shape index (κ1) is 22.4. The van der Waals surface area contributed by atoms with Crippen molar-refractivity contribution in [1.82, 2.24) is 5.32 Å². The molecule has 0 saturated carbocycles. The van der Waals surface area contributed by atoms with Crippen molar-refractivity contribution in [2.45, 2.75) is 13.0 Å². The molecule has 2 amide bonds. The number of hydrogen-bond acceptors (Lipinski definition) is 4. The molecule has 1 unspecified atom stereocenters. The third kappa shape index (κ3) is 5.82. The van der Waals surface area contributed by atoms with Gasteiger partial charge < -0.3 is 10.6 Å². The fraction of sp³-hybridized carbons (Fsp3) is 0.200. The van der Waals surface area contributed by atoms with E-state index in [1.807, 2.05) is 0 Å². The molecule has 0 aliphatic rings. The van der Waals surface area contributed by atoms with Gasteiger partial charge in [0, 0.05) is 11.6 Å². The summed E-state index contributed by atoms with van der Waals surface area (Å²) in [6.07, 6.45) is 2.55. The highest BCUT2D eigenvalue weighted by Gasteiger charge is 2.30. The smallest absolute Gasteiger partial charge is 0.253 e. The Hall–Kier alpha value is -2.84. The third-order valence-electron chi connectivity index (χ3n) is 3.99. The lowest BCUT2D eigenvalue weighted by atomic mass is 10.1. The highest BCUT2D eigenvalue weighted by Crippen LogP contribution is 2.25. The first-order valence-electron chi connectivity index (χ1n) is 8.69. The van der Waals surface area contributed by atoms with E-state index in [1.165, 1.54) is 19.1 Å². The number of nitrogens with zero attached hydrogens (tertiary/aromatic N) is 1. The van der Waals surface area contributed by atoms with Gasteiger partial charge in [0.15, 0.2) is 0 Å². The van der Waals surface area contributed by atoms with E-state index in [0.29, 0.717) is 5.02 Å². The van der Waals surface area contributed by atoms with Gasteiger partial charge in [-0.3, -0.25) is 13.9 Å². The number of para-hydroxylation sites is 1. The molecular weight excluding hydrogens is 414 g/mol. The Morgan fingerprint density at radius 2 is 1.90 bits per heavy atom. The second-order valence-electron chi connectivity index (χ2n) is 6.25. The monoisotopic (exact) mass is 435 g/mol. The van der Waals surface area contributed by atoms with Crippen LogP contribution in [0.2, 0.25) is 5.02 Å². The zero-order valence-corrected chi connectivity index (χ0v) is 17.6. The fourth-order valence-corrected chi connectivity index (χ4v) is 4.06. The summed E-state index contributed by atoms with van der Waals surface area (Å²) >= 11 is 5.98. The molecule has 1 atom stereocenters. The van der Waals surface area contributed by atoms with Crippen LogP contribution in [0.25, 0.3) is 0 Å². The summed E-state index contributed by atoms with van der Waals surface area (Å²) in [5.74, 6) is -0.984. The SMILES string of the molecule is C=CCNC(=O)c1ccccc1NC(=O)C(C)N(c1cccc(Cl)c1)S(C)(=O)=O. The summed E-state index contributed by atoms with van der Waals surface area (Å²) in [4.78, 5) is 25.1. The van der Waals surface area contributed by atoms with Crippen LogP contribution in [0, 0.1) is 0 Å². The maximum Gasteiger partial charge on any atom is 0.253 e. The Bertz CT molecular complexity index is 1020. The van der Waals surface area contributed by atoms with E-state index in [4.69, 9.17) is 11.6 Å². The number of hydrogen-bond donors (Lipinski definition) is 2. The fourth-order valence-electron chi connectivity index (χ4n) is 2.71. The predicted molar refractivity (Wildman–Crippen MR) is 116 cm³/mol. The summed E-state index contributed by atoms with van der Waals surface area (Å²) in [5.41, 5.74) is 0.786. The zero-order valence-electron chi connectivity index (χ0n) is 16.1. The van der Waals surface area contributed by atoms with Crippen molar-refractivity contribution in [2.75, 3.05) is 22.4 Å². The summed E-state index contributed by atoms with van der Waals surface area (Å²) in [6.45, 7) is 5.27. The topological polar surface area (TPSA) is 95.6 Å². The molecule has 0 aromatic heterocycles. The van der Waals surface area contributed by atoms with Crippen LogP contribution in [0.3, 0.4) is 0 Å². The lowest BCUT2D eigenvalue weighted by Crippen LogP contribution is -2.45. The minimum atomic E-state index is -3.79. The van der Waals surface area contributed by atoms with Gasteiger partial charge >= 0.3 is 0 Å². The van der Waals surface area contributed by atoms with Crippen LogP contribution in [0.4, 0.5) is 11.4 Å². The molecule has 7 nitrogen and oxygen atoms in total. The third-order valence-corrected chi connectivity index (χ3v) is 5.46. The maximum absolute atomic E-state index is 12.8. The molecule has 0 heterocycles. The molecule has 2 N–H and O–H groups in total. The molecule has 0 saturated heterocycles. The lowest BCUT2D eigenvalue weighted by Gasteiger charge is -2.28. The molecular formula is C20H22ClN3O4S. The summed E-state index contributed by atoms with van der Waals surface area (Å²) < 4.78 is 25.7. The van der Waals surface area contributed by atoms with Crippen molar-refractivity contribution in [3.63, 3.8) is 0 Å². The van der Waals surface area contributed by atoms with Crippen LogP contribution in [0.5, 0.6) is 0 Å². The normalized spacial score (nSPS) is 12.0. The van der Waals surface area contributed by atoms with E-state index in [9.17, 15) is 18.0 Å². The number of amides is 2. The van der Waals surface area contributed by atoms with Crippen molar-refractivity contribution in [3.05, 3.63) is 71.8 Å². The van der Waals surface area contributed by atoms with E-state index in [-0.39, 0.29) is 29.4 Å². The number of anilines is 2. The lowest BCUT2D eigenvalue weighted by molar-refractivity contribution is -0.116. The van der Waals surface area contributed by atoms with Crippen LogP contribution in [-0.4, -0.2) is 39.1 Å². The van der Waals surface area contributed by atoms with Crippen LogP contribution >= 0.6 is 11.6 Å². The number of benzene rings is 2. The van der Waals surface area contributed by atoms with E-state index >= 15 is 0 Å². The quantitative estimate of drug-likeness (QED) is 0.623. The number of sulfonamides is 1. The van der Waals surface area contributed by atoms with Gasteiger partial charge in [-0.1, -0.05) is 35.9 Å². The molecule has 9 heteroatoms. The Morgan fingerprint density at radius 1 is 1.21 bits per heavy atom. The molecule has 154 valence electrons. The van der Waals surface area contributed by atoms with Gasteiger partial charge in [-0.25, -0.2) is 8.42 Å². The molecule has 0 radical (unpaired) electrons. The number of halogens is 1. The molecule has 2 aromatic carbocycles. The van der Waals surface area contributed by atoms with Crippen LogP contribution in [0.15, 0.2) is 61.2 Å². The second kappa shape index (κ2) is 9.58. The zero-order chi connectivity index (χ0) is 21.6. The van der Waals surface area contributed by atoms with Crippen molar-refractivity contribution in [1.29, 1.82) is 0 Å². The Balaban J connectivity index is 2.32. The predicted octanol–water partition coefficient (Wildman–Crippen LogP) is 3.05.